The Morgan fingerprint density at radius 2 is 1.70 bits per heavy atom. The summed E-state index contributed by atoms with van der Waals surface area (Å²) in [4.78, 5) is 10.9. The van der Waals surface area contributed by atoms with Gasteiger partial charge in [-0.3, -0.25) is 4.79 Å². The molecule has 0 saturated carbocycles. The Hall–Kier alpha value is 0.360. The number of piperidine rings is 1. The Labute approximate surface area is 77.8 Å². The minimum absolute atomic E-state index is 0. The second kappa shape index (κ2) is 3.17. The molecule has 2 aliphatic heterocycles. The molecule has 58 valence electrons. The van der Waals surface area contributed by atoms with E-state index in [0.29, 0.717) is 17.9 Å². The second-order valence-corrected chi connectivity index (χ2v) is 3.08. The normalized spacial score (nSPS) is 37.4. The van der Waals surface area contributed by atoms with Gasteiger partial charge in [-0.25, -0.2) is 0 Å². The first-order chi connectivity index (χ1) is 4.34. The van der Waals surface area contributed by atoms with Gasteiger partial charge >= 0.3 is 0 Å². The molecule has 2 fully saturated rings. The van der Waals surface area contributed by atoms with Crippen LogP contribution in [-0.2, 0) is 4.79 Å². The predicted octanol–water partition coefficient (Wildman–Crippen LogP) is 1.09. The highest BCUT2D eigenvalue weighted by atomic mass is 127. The van der Waals surface area contributed by atoms with E-state index < -0.39 is 0 Å². The van der Waals surface area contributed by atoms with E-state index in [0.717, 1.165) is 12.8 Å². The maximum atomic E-state index is 10.9. The van der Waals surface area contributed by atoms with Crippen molar-refractivity contribution < 1.29 is 4.79 Å². The third kappa shape index (κ3) is 1.50. The molecule has 2 aliphatic rings. The number of hydrogen-bond donors (Lipinski definition) is 1. The molecule has 1 N–H and O–H groups in total. The van der Waals surface area contributed by atoms with Crippen LogP contribution >= 0.6 is 24.0 Å². The molecule has 3 heteroatoms. The monoisotopic (exact) mass is 253 g/mol. The highest BCUT2D eigenvalue weighted by Crippen LogP contribution is 2.23. The van der Waals surface area contributed by atoms with Crippen LogP contribution in [0.15, 0.2) is 0 Å². The molecule has 2 unspecified atom stereocenters. The third-order valence-corrected chi connectivity index (χ3v) is 2.28. The van der Waals surface area contributed by atoms with E-state index in [1.807, 2.05) is 0 Å². The first-order valence-corrected chi connectivity index (χ1v) is 3.62. The first kappa shape index (κ1) is 8.46. The summed E-state index contributed by atoms with van der Waals surface area (Å²) in [7, 11) is 0. The topological polar surface area (TPSA) is 29.1 Å². The molecular formula is C7H12INO. The van der Waals surface area contributed by atoms with Crippen molar-refractivity contribution in [3.63, 3.8) is 0 Å². The zero-order chi connectivity index (χ0) is 6.27. The number of nitrogens with one attached hydrogen (secondary N) is 1. The van der Waals surface area contributed by atoms with Crippen LogP contribution < -0.4 is 5.32 Å². The van der Waals surface area contributed by atoms with Crippen molar-refractivity contribution in [2.24, 2.45) is 0 Å². The molecule has 0 aliphatic carbocycles. The van der Waals surface area contributed by atoms with Crippen molar-refractivity contribution in [2.45, 2.75) is 37.8 Å². The fourth-order valence-electron chi connectivity index (χ4n) is 1.86. The summed E-state index contributed by atoms with van der Waals surface area (Å²) in [5, 5.41) is 3.40. The number of fused-ring (bicyclic) bond motifs is 2. The van der Waals surface area contributed by atoms with Crippen molar-refractivity contribution in [1.82, 2.24) is 5.32 Å². The van der Waals surface area contributed by atoms with Crippen molar-refractivity contribution in [3.05, 3.63) is 0 Å². The molecule has 0 radical (unpaired) electrons. The van der Waals surface area contributed by atoms with Crippen LogP contribution in [0.4, 0.5) is 0 Å². The molecule has 0 aromatic heterocycles. The second-order valence-electron chi connectivity index (χ2n) is 3.08. The Morgan fingerprint density at radius 3 is 2.20 bits per heavy atom. The Bertz CT molecular complexity index is 135. The molecule has 2 saturated heterocycles. The maximum Gasteiger partial charge on any atom is 0.136 e. The SMILES string of the molecule is I.O=C1CC2CCC(C1)N2. The number of carbonyl (C=O) groups is 1. The van der Waals surface area contributed by atoms with E-state index >= 15 is 0 Å². The number of halogens is 1. The molecule has 2 rings (SSSR count). The Balaban J connectivity index is 0.000000500. The number of ketones is 1. The summed E-state index contributed by atoms with van der Waals surface area (Å²) in [6, 6.07) is 1.08. The summed E-state index contributed by atoms with van der Waals surface area (Å²) in [6.07, 6.45) is 4.01. The van der Waals surface area contributed by atoms with Crippen molar-refractivity contribution in [1.29, 1.82) is 0 Å². The lowest BCUT2D eigenvalue weighted by molar-refractivity contribution is -0.120. The largest absolute Gasteiger partial charge is 0.310 e. The third-order valence-electron chi connectivity index (χ3n) is 2.28. The molecule has 0 spiro atoms. The molecule has 2 atom stereocenters. The van der Waals surface area contributed by atoms with Crippen LogP contribution in [0.5, 0.6) is 0 Å². The summed E-state index contributed by atoms with van der Waals surface area (Å²) in [5.74, 6) is 0.459. The lowest BCUT2D eigenvalue weighted by Gasteiger charge is -2.18. The maximum absolute atomic E-state index is 10.9. The van der Waals surface area contributed by atoms with Gasteiger partial charge in [0.15, 0.2) is 0 Å². The summed E-state index contributed by atoms with van der Waals surface area (Å²) >= 11 is 0. The number of Topliss-reactive ketones (excluding diaryl/α,β-unsaturated/α-hetero) is 1. The van der Waals surface area contributed by atoms with Crippen LogP contribution in [0.25, 0.3) is 0 Å². The Morgan fingerprint density at radius 1 is 1.20 bits per heavy atom. The van der Waals surface area contributed by atoms with E-state index in [-0.39, 0.29) is 24.0 Å². The van der Waals surface area contributed by atoms with Gasteiger partial charge < -0.3 is 5.32 Å². The van der Waals surface area contributed by atoms with Gasteiger partial charge in [0.25, 0.3) is 0 Å². The lowest BCUT2D eigenvalue weighted by Crippen LogP contribution is -2.38. The van der Waals surface area contributed by atoms with Gasteiger partial charge in [0, 0.05) is 24.9 Å². The summed E-state index contributed by atoms with van der Waals surface area (Å²) < 4.78 is 0. The highest BCUT2D eigenvalue weighted by molar-refractivity contribution is 14.0. The van der Waals surface area contributed by atoms with E-state index in [4.69, 9.17) is 0 Å². The molecule has 0 amide bonds. The molecule has 0 aromatic rings. The van der Waals surface area contributed by atoms with Crippen LogP contribution in [0.3, 0.4) is 0 Å². The van der Waals surface area contributed by atoms with Gasteiger partial charge in [0.1, 0.15) is 5.78 Å². The average molecular weight is 253 g/mol. The highest BCUT2D eigenvalue weighted by Gasteiger charge is 2.31. The minimum Gasteiger partial charge on any atom is -0.310 e. The quantitative estimate of drug-likeness (QED) is 0.655. The number of carbonyl (C=O) groups excluding carboxylic acids is 1. The molecule has 0 aromatic carbocycles. The van der Waals surface area contributed by atoms with Gasteiger partial charge in [-0.2, -0.15) is 0 Å². The Kier molecular flexibility index (Phi) is 2.68. The molecule has 2 heterocycles. The van der Waals surface area contributed by atoms with E-state index in [1.165, 1.54) is 12.8 Å². The smallest absolute Gasteiger partial charge is 0.136 e. The van der Waals surface area contributed by atoms with Gasteiger partial charge in [-0.1, -0.05) is 0 Å². The van der Waals surface area contributed by atoms with E-state index in [2.05, 4.69) is 5.32 Å². The van der Waals surface area contributed by atoms with Crippen LogP contribution in [0, 0.1) is 0 Å². The van der Waals surface area contributed by atoms with Crippen molar-refractivity contribution in [2.75, 3.05) is 0 Å². The molecule has 2 bridgehead atoms. The van der Waals surface area contributed by atoms with Crippen LogP contribution in [0.2, 0.25) is 0 Å². The van der Waals surface area contributed by atoms with Gasteiger partial charge in [0.05, 0.1) is 0 Å². The summed E-state index contributed by atoms with van der Waals surface area (Å²) in [5.41, 5.74) is 0. The first-order valence-electron chi connectivity index (χ1n) is 3.62. The standard InChI is InChI=1S/C7H11NO.HI/c9-7-3-5-1-2-6(4-7)8-5;/h5-6,8H,1-4H2;1H. The van der Waals surface area contributed by atoms with Gasteiger partial charge in [-0.05, 0) is 12.8 Å². The van der Waals surface area contributed by atoms with Crippen LogP contribution in [-0.4, -0.2) is 17.9 Å². The van der Waals surface area contributed by atoms with Crippen molar-refractivity contribution in [3.8, 4) is 0 Å². The number of hydrogen-bond acceptors (Lipinski definition) is 2. The minimum atomic E-state index is 0. The van der Waals surface area contributed by atoms with E-state index in [9.17, 15) is 4.79 Å². The molecule has 10 heavy (non-hydrogen) atoms. The van der Waals surface area contributed by atoms with Crippen LogP contribution in [0.1, 0.15) is 25.7 Å². The predicted molar refractivity (Wildman–Crippen MR) is 49.6 cm³/mol. The zero-order valence-corrected chi connectivity index (χ0v) is 8.13. The fraction of sp³-hybridized carbons (Fsp3) is 0.857. The average Bonchev–Trinajstić information content (AvgIpc) is 2.11. The fourth-order valence-corrected chi connectivity index (χ4v) is 1.86. The zero-order valence-electron chi connectivity index (χ0n) is 5.80. The molecule has 2 nitrogen and oxygen atoms in total. The van der Waals surface area contributed by atoms with Crippen molar-refractivity contribution >= 4 is 29.8 Å². The molecular weight excluding hydrogens is 241 g/mol. The van der Waals surface area contributed by atoms with E-state index in [1.54, 1.807) is 0 Å². The number of rotatable bonds is 0. The van der Waals surface area contributed by atoms with Gasteiger partial charge in [0.2, 0.25) is 0 Å². The summed E-state index contributed by atoms with van der Waals surface area (Å²) in [6.45, 7) is 0. The lowest BCUT2D eigenvalue weighted by atomic mass is 10.1. The van der Waals surface area contributed by atoms with Gasteiger partial charge in [-0.15, -0.1) is 24.0 Å².